The Kier molecular flexibility index (Phi) is 6.93. The zero-order valence-corrected chi connectivity index (χ0v) is 16.3. The summed E-state index contributed by atoms with van der Waals surface area (Å²) in [6, 6.07) is 9.13. The van der Waals surface area contributed by atoms with Crippen LogP contribution in [0.4, 0.5) is 5.69 Å². The molecule has 0 aliphatic carbocycles. The number of aromatic nitrogens is 1. The molecule has 0 bridgehead atoms. The van der Waals surface area contributed by atoms with Crippen LogP contribution in [0, 0.1) is 12.3 Å². The van der Waals surface area contributed by atoms with Gasteiger partial charge in [-0.1, -0.05) is 20.8 Å². The first-order chi connectivity index (χ1) is 12.8. The Hall–Kier alpha value is -2.89. The SMILES string of the molecule is Cc1cc(NC(=O)CCCNC(=O)C(C)(C)C)ccc1Oc1cccnc1. The van der Waals surface area contributed by atoms with Gasteiger partial charge in [-0.2, -0.15) is 0 Å². The predicted octanol–water partition coefficient (Wildman–Crippen LogP) is 4.06. The fourth-order valence-electron chi connectivity index (χ4n) is 2.32. The van der Waals surface area contributed by atoms with Gasteiger partial charge in [-0.05, 0) is 49.2 Å². The van der Waals surface area contributed by atoms with Crippen molar-refractivity contribution in [3.63, 3.8) is 0 Å². The Labute approximate surface area is 160 Å². The number of ether oxygens (including phenoxy) is 1. The number of aryl methyl sites for hydroxylation is 1. The topological polar surface area (TPSA) is 80.3 Å². The Bertz CT molecular complexity index is 783. The summed E-state index contributed by atoms with van der Waals surface area (Å²) >= 11 is 0. The molecule has 2 aromatic rings. The summed E-state index contributed by atoms with van der Waals surface area (Å²) in [4.78, 5) is 27.9. The number of nitrogens with one attached hydrogen (secondary N) is 2. The first kappa shape index (κ1) is 20.4. The van der Waals surface area contributed by atoms with E-state index in [0.717, 1.165) is 11.3 Å². The summed E-state index contributed by atoms with van der Waals surface area (Å²) in [6.45, 7) is 7.99. The van der Waals surface area contributed by atoms with Crippen molar-refractivity contribution in [2.75, 3.05) is 11.9 Å². The lowest BCUT2D eigenvalue weighted by atomic mass is 9.96. The summed E-state index contributed by atoms with van der Waals surface area (Å²) in [5, 5.41) is 5.71. The molecule has 0 atom stereocenters. The van der Waals surface area contributed by atoms with Gasteiger partial charge in [0.15, 0.2) is 0 Å². The maximum atomic E-state index is 12.1. The molecule has 27 heavy (non-hydrogen) atoms. The molecular formula is C21H27N3O3. The molecular weight excluding hydrogens is 342 g/mol. The van der Waals surface area contributed by atoms with E-state index in [2.05, 4.69) is 15.6 Å². The van der Waals surface area contributed by atoms with Crippen molar-refractivity contribution in [2.45, 2.75) is 40.5 Å². The second-order valence-corrected chi connectivity index (χ2v) is 7.43. The van der Waals surface area contributed by atoms with Crippen molar-refractivity contribution in [1.29, 1.82) is 0 Å². The van der Waals surface area contributed by atoms with Gasteiger partial charge in [0.05, 0.1) is 6.20 Å². The van der Waals surface area contributed by atoms with Gasteiger partial charge >= 0.3 is 0 Å². The molecule has 2 N–H and O–H groups in total. The number of carbonyl (C=O) groups is 2. The summed E-state index contributed by atoms with van der Waals surface area (Å²) < 4.78 is 5.78. The lowest BCUT2D eigenvalue weighted by molar-refractivity contribution is -0.128. The average molecular weight is 369 g/mol. The smallest absolute Gasteiger partial charge is 0.225 e. The van der Waals surface area contributed by atoms with Crippen molar-refractivity contribution in [1.82, 2.24) is 10.3 Å². The van der Waals surface area contributed by atoms with E-state index in [0.29, 0.717) is 30.9 Å². The van der Waals surface area contributed by atoms with Crippen LogP contribution >= 0.6 is 0 Å². The molecule has 0 aliphatic heterocycles. The van der Waals surface area contributed by atoms with Crippen LogP contribution in [0.2, 0.25) is 0 Å². The molecule has 0 spiro atoms. The Morgan fingerprint density at radius 2 is 1.96 bits per heavy atom. The lowest BCUT2D eigenvalue weighted by Gasteiger charge is -2.17. The second-order valence-electron chi connectivity index (χ2n) is 7.43. The first-order valence-electron chi connectivity index (χ1n) is 9.02. The molecule has 1 aromatic carbocycles. The van der Waals surface area contributed by atoms with E-state index in [1.54, 1.807) is 18.5 Å². The molecule has 0 unspecified atom stereocenters. The summed E-state index contributed by atoms with van der Waals surface area (Å²) in [5.41, 5.74) is 1.21. The monoisotopic (exact) mass is 369 g/mol. The van der Waals surface area contributed by atoms with Gasteiger partial charge in [-0.25, -0.2) is 0 Å². The number of anilines is 1. The van der Waals surface area contributed by atoms with Crippen molar-refractivity contribution in [3.8, 4) is 11.5 Å². The maximum Gasteiger partial charge on any atom is 0.225 e. The third-order valence-corrected chi connectivity index (χ3v) is 3.87. The van der Waals surface area contributed by atoms with E-state index < -0.39 is 5.41 Å². The maximum absolute atomic E-state index is 12.1. The van der Waals surface area contributed by atoms with Crippen LogP contribution in [-0.4, -0.2) is 23.3 Å². The van der Waals surface area contributed by atoms with Crippen molar-refractivity contribution < 1.29 is 14.3 Å². The minimum Gasteiger partial charge on any atom is -0.455 e. The third kappa shape index (κ3) is 6.73. The van der Waals surface area contributed by atoms with Crippen molar-refractivity contribution >= 4 is 17.5 Å². The van der Waals surface area contributed by atoms with E-state index >= 15 is 0 Å². The van der Waals surface area contributed by atoms with Crippen LogP contribution in [-0.2, 0) is 9.59 Å². The molecule has 1 aromatic heterocycles. The van der Waals surface area contributed by atoms with Gasteiger partial charge in [0.1, 0.15) is 11.5 Å². The molecule has 0 fully saturated rings. The molecule has 6 nitrogen and oxygen atoms in total. The van der Waals surface area contributed by atoms with Crippen LogP contribution in [0.3, 0.4) is 0 Å². The summed E-state index contributed by atoms with van der Waals surface area (Å²) in [5.74, 6) is 1.28. The molecule has 0 aliphatic rings. The highest BCUT2D eigenvalue weighted by molar-refractivity contribution is 5.91. The summed E-state index contributed by atoms with van der Waals surface area (Å²) in [7, 11) is 0. The van der Waals surface area contributed by atoms with E-state index in [-0.39, 0.29) is 11.8 Å². The predicted molar refractivity (Wildman–Crippen MR) is 106 cm³/mol. The van der Waals surface area contributed by atoms with Crippen LogP contribution in [0.15, 0.2) is 42.7 Å². The van der Waals surface area contributed by atoms with Gasteiger partial charge in [0.25, 0.3) is 0 Å². The fraction of sp³-hybridized carbons (Fsp3) is 0.381. The standard InChI is InChI=1S/C21H27N3O3/c1-15-13-16(9-10-18(15)27-17-7-5-11-22-14-17)24-19(25)8-6-12-23-20(26)21(2,3)4/h5,7,9-11,13-14H,6,8,12H2,1-4H3,(H,23,26)(H,24,25). The Morgan fingerprint density at radius 1 is 1.19 bits per heavy atom. The van der Waals surface area contributed by atoms with E-state index in [4.69, 9.17) is 4.74 Å². The quantitative estimate of drug-likeness (QED) is 0.721. The number of carbonyl (C=O) groups excluding carboxylic acids is 2. The fourth-order valence-corrected chi connectivity index (χ4v) is 2.32. The van der Waals surface area contributed by atoms with Crippen molar-refractivity contribution in [2.24, 2.45) is 5.41 Å². The van der Waals surface area contributed by atoms with Gasteiger partial charge in [-0.15, -0.1) is 0 Å². The van der Waals surface area contributed by atoms with Crippen molar-refractivity contribution in [3.05, 3.63) is 48.3 Å². The molecule has 2 rings (SSSR count). The van der Waals surface area contributed by atoms with Gasteiger partial charge in [0.2, 0.25) is 11.8 Å². The van der Waals surface area contributed by atoms with E-state index in [1.807, 2.05) is 52.0 Å². The van der Waals surface area contributed by atoms with Crippen LogP contribution < -0.4 is 15.4 Å². The van der Waals surface area contributed by atoms with Crippen LogP contribution in [0.1, 0.15) is 39.2 Å². The number of amides is 2. The molecule has 6 heteroatoms. The average Bonchev–Trinajstić information content (AvgIpc) is 2.61. The number of nitrogens with zero attached hydrogens (tertiary/aromatic N) is 1. The molecule has 1 heterocycles. The molecule has 0 radical (unpaired) electrons. The van der Waals surface area contributed by atoms with Crippen LogP contribution in [0.5, 0.6) is 11.5 Å². The minimum atomic E-state index is -0.417. The number of benzene rings is 1. The number of pyridine rings is 1. The molecule has 0 saturated carbocycles. The minimum absolute atomic E-state index is 0.0114. The van der Waals surface area contributed by atoms with Crippen LogP contribution in [0.25, 0.3) is 0 Å². The zero-order valence-electron chi connectivity index (χ0n) is 16.3. The highest BCUT2D eigenvalue weighted by Gasteiger charge is 2.20. The van der Waals surface area contributed by atoms with Gasteiger partial charge in [0, 0.05) is 30.3 Å². The molecule has 2 amide bonds. The largest absolute Gasteiger partial charge is 0.455 e. The highest BCUT2D eigenvalue weighted by Crippen LogP contribution is 2.26. The molecule has 144 valence electrons. The van der Waals surface area contributed by atoms with E-state index in [9.17, 15) is 9.59 Å². The normalized spacial score (nSPS) is 11.0. The second kappa shape index (κ2) is 9.16. The third-order valence-electron chi connectivity index (χ3n) is 3.87. The number of hydrogen-bond donors (Lipinski definition) is 2. The number of rotatable bonds is 7. The van der Waals surface area contributed by atoms with Gasteiger partial charge < -0.3 is 15.4 Å². The Morgan fingerprint density at radius 3 is 2.59 bits per heavy atom. The van der Waals surface area contributed by atoms with E-state index in [1.165, 1.54) is 0 Å². The Balaban J connectivity index is 1.80. The summed E-state index contributed by atoms with van der Waals surface area (Å²) in [6.07, 6.45) is 4.27. The zero-order chi connectivity index (χ0) is 19.9. The number of hydrogen-bond acceptors (Lipinski definition) is 4. The highest BCUT2D eigenvalue weighted by atomic mass is 16.5. The first-order valence-corrected chi connectivity index (χ1v) is 9.02. The lowest BCUT2D eigenvalue weighted by Crippen LogP contribution is -2.35. The molecule has 0 saturated heterocycles. The van der Waals surface area contributed by atoms with Gasteiger partial charge in [-0.3, -0.25) is 14.6 Å².